The van der Waals surface area contributed by atoms with E-state index in [0.717, 1.165) is 23.7 Å². The highest BCUT2D eigenvalue weighted by atomic mass is 16.2. The summed E-state index contributed by atoms with van der Waals surface area (Å²) in [6, 6.07) is 0.0727. The van der Waals surface area contributed by atoms with Crippen LogP contribution in [0.3, 0.4) is 0 Å². The molecule has 4 aliphatic carbocycles. The molecule has 3 nitrogen and oxygen atoms in total. The molecule has 0 aliphatic heterocycles. The van der Waals surface area contributed by atoms with Crippen LogP contribution in [0.5, 0.6) is 0 Å². The van der Waals surface area contributed by atoms with E-state index < -0.39 is 0 Å². The molecule has 0 aromatic rings. The zero-order valence-corrected chi connectivity index (χ0v) is 9.99. The monoisotopic (exact) mass is 222 g/mol. The van der Waals surface area contributed by atoms with Crippen molar-refractivity contribution in [3.63, 3.8) is 0 Å². The SMILES string of the molecule is CC(N)C(=O)NC1C2CC3CC(C2)CC1C3. The summed E-state index contributed by atoms with van der Waals surface area (Å²) >= 11 is 0. The average molecular weight is 222 g/mol. The summed E-state index contributed by atoms with van der Waals surface area (Å²) in [6.07, 6.45) is 6.84. The number of carbonyl (C=O) groups is 1. The Bertz CT molecular complexity index is 272. The van der Waals surface area contributed by atoms with Gasteiger partial charge in [0.15, 0.2) is 0 Å². The lowest BCUT2D eigenvalue weighted by molar-refractivity contribution is -0.125. The van der Waals surface area contributed by atoms with Crippen LogP contribution in [0, 0.1) is 23.7 Å². The minimum atomic E-state index is -0.364. The van der Waals surface area contributed by atoms with E-state index in [4.69, 9.17) is 5.73 Å². The van der Waals surface area contributed by atoms with Crippen molar-refractivity contribution in [2.75, 3.05) is 0 Å². The zero-order valence-electron chi connectivity index (χ0n) is 9.99. The molecule has 16 heavy (non-hydrogen) atoms. The van der Waals surface area contributed by atoms with Crippen LogP contribution in [0.1, 0.15) is 39.0 Å². The summed E-state index contributed by atoms with van der Waals surface area (Å²) in [5.74, 6) is 3.47. The predicted molar refractivity (Wildman–Crippen MR) is 62.6 cm³/mol. The van der Waals surface area contributed by atoms with Gasteiger partial charge in [-0.05, 0) is 62.7 Å². The van der Waals surface area contributed by atoms with E-state index in [0.29, 0.717) is 6.04 Å². The van der Waals surface area contributed by atoms with Gasteiger partial charge in [0.2, 0.25) is 5.91 Å². The molecule has 90 valence electrons. The van der Waals surface area contributed by atoms with Gasteiger partial charge >= 0.3 is 0 Å². The third kappa shape index (κ3) is 1.65. The van der Waals surface area contributed by atoms with Gasteiger partial charge in [-0.3, -0.25) is 4.79 Å². The standard InChI is InChI=1S/C13H22N2O/c1-7(14)13(16)15-12-10-3-8-2-9(5-10)6-11(12)4-8/h7-12H,2-6,14H2,1H3,(H,15,16). The number of hydrogen-bond acceptors (Lipinski definition) is 2. The Morgan fingerprint density at radius 1 is 1.12 bits per heavy atom. The maximum Gasteiger partial charge on any atom is 0.236 e. The molecule has 0 aromatic carbocycles. The largest absolute Gasteiger partial charge is 0.351 e. The van der Waals surface area contributed by atoms with Crippen LogP contribution in [0.2, 0.25) is 0 Å². The number of amides is 1. The second-order valence-corrected chi connectivity index (χ2v) is 6.25. The van der Waals surface area contributed by atoms with Crippen molar-refractivity contribution in [3.8, 4) is 0 Å². The molecule has 0 spiro atoms. The molecule has 4 aliphatic rings. The van der Waals surface area contributed by atoms with Gasteiger partial charge < -0.3 is 11.1 Å². The number of hydrogen-bond donors (Lipinski definition) is 2. The van der Waals surface area contributed by atoms with E-state index in [1.54, 1.807) is 6.92 Å². The molecule has 3 N–H and O–H groups in total. The molecule has 0 heterocycles. The second-order valence-electron chi connectivity index (χ2n) is 6.25. The third-order valence-electron chi connectivity index (χ3n) is 4.95. The van der Waals surface area contributed by atoms with Crippen LogP contribution in [0.4, 0.5) is 0 Å². The highest BCUT2D eigenvalue weighted by Gasteiger charge is 2.48. The number of nitrogens with one attached hydrogen (secondary N) is 1. The molecule has 3 heteroatoms. The van der Waals surface area contributed by atoms with Gasteiger partial charge in [0.1, 0.15) is 0 Å². The van der Waals surface area contributed by atoms with Gasteiger partial charge in [-0.1, -0.05) is 0 Å². The number of nitrogens with two attached hydrogens (primary N) is 1. The third-order valence-corrected chi connectivity index (χ3v) is 4.95. The first-order chi connectivity index (χ1) is 7.63. The van der Waals surface area contributed by atoms with E-state index in [1.165, 1.54) is 32.1 Å². The number of carbonyl (C=O) groups excluding carboxylic acids is 1. The van der Waals surface area contributed by atoms with Crippen molar-refractivity contribution in [2.45, 2.75) is 51.1 Å². The predicted octanol–water partition coefficient (Wildman–Crippen LogP) is 1.27. The van der Waals surface area contributed by atoms with Gasteiger partial charge in [0.25, 0.3) is 0 Å². The Balaban J connectivity index is 1.70. The summed E-state index contributed by atoms with van der Waals surface area (Å²) in [5, 5.41) is 3.20. The molecule has 0 radical (unpaired) electrons. The molecule has 1 amide bonds. The van der Waals surface area contributed by atoms with Crippen molar-refractivity contribution in [2.24, 2.45) is 29.4 Å². The normalized spacial score (nSPS) is 46.8. The second kappa shape index (κ2) is 3.73. The van der Waals surface area contributed by atoms with Crippen LogP contribution < -0.4 is 11.1 Å². The van der Waals surface area contributed by atoms with Crippen LogP contribution in [-0.2, 0) is 4.79 Å². The summed E-state index contributed by atoms with van der Waals surface area (Å²) < 4.78 is 0. The Labute approximate surface area is 97.2 Å². The van der Waals surface area contributed by atoms with Crippen molar-refractivity contribution in [1.82, 2.24) is 5.32 Å². The molecular weight excluding hydrogens is 200 g/mol. The van der Waals surface area contributed by atoms with Crippen LogP contribution in [0.15, 0.2) is 0 Å². The Hall–Kier alpha value is -0.570. The van der Waals surface area contributed by atoms with Gasteiger partial charge in [-0.2, -0.15) is 0 Å². The first-order valence-electron chi connectivity index (χ1n) is 6.69. The maximum absolute atomic E-state index is 11.7. The van der Waals surface area contributed by atoms with Crippen molar-refractivity contribution in [3.05, 3.63) is 0 Å². The Morgan fingerprint density at radius 3 is 2.06 bits per heavy atom. The molecule has 0 saturated heterocycles. The Kier molecular flexibility index (Phi) is 2.46. The molecule has 1 unspecified atom stereocenters. The summed E-state index contributed by atoms with van der Waals surface area (Å²) in [7, 11) is 0. The lowest BCUT2D eigenvalue weighted by atomic mass is 9.54. The topological polar surface area (TPSA) is 55.1 Å². The quantitative estimate of drug-likeness (QED) is 0.739. The van der Waals surface area contributed by atoms with Crippen LogP contribution in [-0.4, -0.2) is 18.0 Å². The van der Waals surface area contributed by atoms with Crippen molar-refractivity contribution < 1.29 is 4.79 Å². The molecule has 4 fully saturated rings. The molecule has 4 bridgehead atoms. The van der Waals surface area contributed by atoms with Gasteiger partial charge in [-0.25, -0.2) is 0 Å². The average Bonchev–Trinajstić information content (AvgIpc) is 2.21. The molecule has 4 saturated carbocycles. The fourth-order valence-electron chi connectivity index (χ4n) is 4.46. The van der Waals surface area contributed by atoms with Crippen molar-refractivity contribution >= 4 is 5.91 Å². The van der Waals surface area contributed by atoms with E-state index >= 15 is 0 Å². The molecule has 0 aromatic heterocycles. The Morgan fingerprint density at radius 2 is 1.62 bits per heavy atom. The molecule has 1 atom stereocenters. The molecule has 4 rings (SSSR count). The zero-order chi connectivity index (χ0) is 11.3. The highest BCUT2D eigenvalue weighted by Crippen LogP contribution is 2.53. The lowest BCUT2D eigenvalue weighted by Gasteiger charge is -2.54. The maximum atomic E-state index is 11.7. The van der Waals surface area contributed by atoms with Gasteiger partial charge in [0.05, 0.1) is 6.04 Å². The van der Waals surface area contributed by atoms with Gasteiger partial charge in [0, 0.05) is 6.04 Å². The van der Waals surface area contributed by atoms with Crippen LogP contribution in [0.25, 0.3) is 0 Å². The lowest BCUT2D eigenvalue weighted by Crippen LogP contribution is -2.57. The van der Waals surface area contributed by atoms with E-state index in [-0.39, 0.29) is 11.9 Å². The minimum Gasteiger partial charge on any atom is -0.351 e. The summed E-state index contributed by atoms with van der Waals surface area (Å²) in [6.45, 7) is 1.77. The highest BCUT2D eigenvalue weighted by molar-refractivity contribution is 5.81. The summed E-state index contributed by atoms with van der Waals surface area (Å²) in [5.41, 5.74) is 5.63. The smallest absolute Gasteiger partial charge is 0.236 e. The first-order valence-corrected chi connectivity index (χ1v) is 6.69. The van der Waals surface area contributed by atoms with Gasteiger partial charge in [-0.15, -0.1) is 0 Å². The molecular formula is C13H22N2O. The van der Waals surface area contributed by atoms with E-state index in [2.05, 4.69) is 5.32 Å². The summed E-state index contributed by atoms with van der Waals surface area (Å²) in [4.78, 5) is 11.7. The van der Waals surface area contributed by atoms with Crippen molar-refractivity contribution in [1.29, 1.82) is 0 Å². The fraction of sp³-hybridized carbons (Fsp3) is 0.923. The number of rotatable bonds is 2. The minimum absolute atomic E-state index is 0.0393. The fourth-order valence-corrected chi connectivity index (χ4v) is 4.46. The van der Waals surface area contributed by atoms with E-state index in [1.807, 2.05) is 0 Å². The van der Waals surface area contributed by atoms with Crippen LogP contribution >= 0.6 is 0 Å². The van der Waals surface area contributed by atoms with E-state index in [9.17, 15) is 4.79 Å². The first kappa shape index (κ1) is 10.6.